The Hall–Kier alpha value is -0.170. The average Bonchev–Trinajstić information content (AvgIpc) is 2.52. The predicted octanol–water partition coefficient (Wildman–Crippen LogP) is 5.32. The molecule has 0 aliphatic carbocycles. The lowest BCUT2D eigenvalue weighted by atomic mass is 10.1. The van der Waals surface area contributed by atoms with E-state index in [9.17, 15) is 8.42 Å². The summed E-state index contributed by atoms with van der Waals surface area (Å²) >= 11 is 0. The number of unbranched alkanes of at least 4 members (excludes halogenated alkanes) is 10. The first-order valence-corrected chi connectivity index (χ1v) is 11.6. The van der Waals surface area contributed by atoms with E-state index in [2.05, 4.69) is 13.8 Å². The fourth-order valence-corrected chi connectivity index (χ4v) is 3.82. The van der Waals surface area contributed by atoms with Gasteiger partial charge in [-0.15, -0.1) is 0 Å². The Labute approximate surface area is 156 Å². The fourth-order valence-electron chi connectivity index (χ4n) is 3.26. The minimum atomic E-state index is -4.41. The van der Waals surface area contributed by atoms with Crippen molar-refractivity contribution in [3.63, 3.8) is 0 Å². The summed E-state index contributed by atoms with van der Waals surface area (Å²) in [6.45, 7) is 7.95. The minimum Gasteiger partial charge on any atom is -0.300 e. The van der Waals surface area contributed by atoms with Gasteiger partial charge in [0.25, 0.3) is 0 Å². The minimum absolute atomic E-state index is 0.543. The molecule has 0 aromatic carbocycles. The van der Waals surface area contributed by atoms with Crippen molar-refractivity contribution < 1.29 is 21.6 Å². The molecule has 0 heterocycles. The third-order valence-corrected chi connectivity index (χ3v) is 5.71. The van der Waals surface area contributed by atoms with E-state index in [4.69, 9.17) is 8.74 Å². The summed E-state index contributed by atoms with van der Waals surface area (Å²) in [7, 11) is -2.36. The van der Waals surface area contributed by atoms with Gasteiger partial charge in [-0.3, -0.25) is 4.55 Å². The van der Waals surface area contributed by atoms with Gasteiger partial charge < -0.3 is 4.48 Å². The van der Waals surface area contributed by atoms with Gasteiger partial charge in [-0.05, 0) is 25.7 Å². The molecule has 0 aromatic rings. The molecular formula is C19H42NO4S+. The van der Waals surface area contributed by atoms with Crippen LogP contribution in [0.2, 0.25) is 0 Å². The highest BCUT2D eigenvalue weighted by Crippen LogP contribution is 2.19. The molecule has 0 bridgehead atoms. The topological polar surface area (TPSA) is 63.6 Å². The first-order valence-electron chi connectivity index (χ1n) is 10.2. The van der Waals surface area contributed by atoms with Crippen molar-refractivity contribution in [2.24, 2.45) is 0 Å². The van der Waals surface area contributed by atoms with Gasteiger partial charge in [-0.1, -0.05) is 65.2 Å². The molecule has 0 amide bonds. The van der Waals surface area contributed by atoms with Gasteiger partial charge >= 0.3 is 10.4 Å². The zero-order valence-corrected chi connectivity index (χ0v) is 17.8. The summed E-state index contributed by atoms with van der Waals surface area (Å²) < 4.78 is 36.7. The van der Waals surface area contributed by atoms with Crippen LogP contribution in [0.3, 0.4) is 0 Å². The fraction of sp³-hybridized carbons (Fsp3) is 1.00. The van der Waals surface area contributed by atoms with Crippen LogP contribution >= 0.6 is 0 Å². The second-order valence-corrected chi connectivity index (χ2v) is 8.63. The monoisotopic (exact) mass is 380 g/mol. The molecule has 0 spiro atoms. The molecule has 1 N–H and O–H groups in total. The summed E-state index contributed by atoms with van der Waals surface area (Å²) in [5, 5.41) is 0. The van der Waals surface area contributed by atoms with Crippen LogP contribution in [0.1, 0.15) is 97.8 Å². The van der Waals surface area contributed by atoms with Gasteiger partial charge in [-0.25, -0.2) is 0 Å². The van der Waals surface area contributed by atoms with Crippen molar-refractivity contribution in [2.75, 3.05) is 20.1 Å². The number of nitrogens with zero attached hydrogens (tertiary/aromatic N) is 1. The maximum absolute atomic E-state index is 11.1. The molecular weight excluding hydrogens is 338 g/mol. The second-order valence-electron chi connectivity index (χ2n) is 7.59. The van der Waals surface area contributed by atoms with Crippen molar-refractivity contribution in [1.82, 2.24) is 0 Å². The number of hydrogen-bond acceptors (Lipinski definition) is 3. The van der Waals surface area contributed by atoms with Crippen molar-refractivity contribution in [3.8, 4) is 0 Å². The summed E-state index contributed by atoms with van der Waals surface area (Å²) in [4.78, 5) is 0. The number of hydrogen-bond donors (Lipinski definition) is 1. The lowest BCUT2D eigenvalue weighted by Gasteiger charge is -2.38. The molecule has 0 fully saturated rings. The third kappa shape index (κ3) is 13.7. The van der Waals surface area contributed by atoms with Gasteiger partial charge in [0.15, 0.2) is 0 Å². The van der Waals surface area contributed by atoms with Crippen LogP contribution in [0.4, 0.5) is 0 Å². The van der Waals surface area contributed by atoms with Crippen molar-refractivity contribution in [3.05, 3.63) is 0 Å². The van der Waals surface area contributed by atoms with E-state index in [1.54, 1.807) is 6.92 Å². The van der Waals surface area contributed by atoms with Crippen LogP contribution in [-0.4, -0.2) is 43.8 Å². The maximum Gasteiger partial charge on any atom is 0.402 e. The Kier molecular flexibility index (Phi) is 13.9. The van der Waals surface area contributed by atoms with Crippen molar-refractivity contribution >= 4 is 10.4 Å². The Morgan fingerprint density at radius 1 is 0.800 bits per heavy atom. The van der Waals surface area contributed by atoms with Crippen molar-refractivity contribution in [1.29, 1.82) is 0 Å². The van der Waals surface area contributed by atoms with Gasteiger partial charge in [0.2, 0.25) is 6.23 Å². The average molecular weight is 381 g/mol. The molecule has 0 aliphatic rings. The largest absolute Gasteiger partial charge is 0.402 e. The molecule has 25 heavy (non-hydrogen) atoms. The molecule has 0 radical (unpaired) electrons. The van der Waals surface area contributed by atoms with Gasteiger partial charge in [0.05, 0.1) is 20.1 Å². The van der Waals surface area contributed by atoms with E-state index < -0.39 is 16.6 Å². The lowest BCUT2D eigenvalue weighted by Crippen LogP contribution is -2.53. The predicted molar refractivity (Wildman–Crippen MR) is 105 cm³/mol. The van der Waals surface area contributed by atoms with E-state index >= 15 is 0 Å². The van der Waals surface area contributed by atoms with Crippen LogP contribution in [0.25, 0.3) is 0 Å². The highest BCUT2D eigenvalue weighted by Gasteiger charge is 2.32. The molecule has 5 nitrogen and oxygen atoms in total. The summed E-state index contributed by atoms with van der Waals surface area (Å²) in [5.74, 6) is 0. The molecule has 6 heteroatoms. The summed E-state index contributed by atoms with van der Waals surface area (Å²) in [6.07, 6.45) is 14.0. The number of quaternary nitrogens is 1. The lowest BCUT2D eigenvalue weighted by molar-refractivity contribution is -0.949. The van der Waals surface area contributed by atoms with Crippen LogP contribution in [0, 0.1) is 0 Å². The molecule has 0 rings (SSSR count). The Bertz CT molecular complexity index is 396. The Balaban J connectivity index is 4.42. The molecule has 1 unspecified atom stereocenters. The third-order valence-electron chi connectivity index (χ3n) is 5.18. The second kappa shape index (κ2) is 14.0. The Morgan fingerprint density at radius 2 is 1.16 bits per heavy atom. The normalized spacial score (nSPS) is 14.0. The van der Waals surface area contributed by atoms with Gasteiger partial charge in [0, 0.05) is 6.92 Å². The molecule has 0 saturated heterocycles. The molecule has 0 aromatic heterocycles. The van der Waals surface area contributed by atoms with Gasteiger partial charge in [-0.2, -0.15) is 12.6 Å². The standard InChI is InChI=1S/C19H41NO4S/c1-5-7-9-11-13-15-17-20(4,19(3)24-25(21,22)23)18-16-14-12-10-8-6-2/h19H,5-18H2,1-4H3/p+1. The molecule has 0 saturated carbocycles. The SMILES string of the molecule is CCCCCCCC[N+](C)(CCCCCCCC)C(C)OS(=O)(=O)O. The quantitative estimate of drug-likeness (QED) is 0.160. The van der Waals surface area contributed by atoms with Crippen LogP contribution in [-0.2, 0) is 14.6 Å². The first kappa shape index (κ1) is 24.8. The molecule has 152 valence electrons. The highest BCUT2D eigenvalue weighted by molar-refractivity contribution is 7.80. The molecule has 1 atom stereocenters. The smallest absolute Gasteiger partial charge is 0.300 e. The summed E-state index contributed by atoms with van der Waals surface area (Å²) in [5.41, 5.74) is 0. The first-order chi connectivity index (χ1) is 11.7. The number of rotatable bonds is 17. The molecule has 0 aliphatic heterocycles. The van der Waals surface area contributed by atoms with Gasteiger partial charge in [0.1, 0.15) is 0 Å². The van der Waals surface area contributed by atoms with Crippen LogP contribution in [0.5, 0.6) is 0 Å². The van der Waals surface area contributed by atoms with E-state index in [1.807, 2.05) is 7.05 Å². The van der Waals surface area contributed by atoms with E-state index in [0.29, 0.717) is 4.48 Å². The van der Waals surface area contributed by atoms with Crippen LogP contribution < -0.4 is 0 Å². The zero-order chi connectivity index (χ0) is 19.2. The summed E-state index contributed by atoms with van der Waals surface area (Å²) in [6, 6.07) is 0. The zero-order valence-electron chi connectivity index (χ0n) is 17.0. The van der Waals surface area contributed by atoms with Crippen molar-refractivity contribution in [2.45, 2.75) is 104 Å². The van der Waals surface area contributed by atoms with E-state index in [1.165, 1.54) is 64.2 Å². The maximum atomic E-state index is 11.1. The van der Waals surface area contributed by atoms with Crippen LogP contribution in [0.15, 0.2) is 0 Å². The highest BCUT2D eigenvalue weighted by atomic mass is 32.3. The van der Waals surface area contributed by atoms with E-state index in [0.717, 1.165) is 25.9 Å². The Morgan fingerprint density at radius 3 is 1.52 bits per heavy atom. The van der Waals surface area contributed by atoms with E-state index in [-0.39, 0.29) is 0 Å².